The van der Waals surface area contributed by atoms with Crippen LogP contribution >= 0.6 is 0 Å². The highest BCUT2D eigenvalue weighted by Crippen LogP contribution is 2.24. The maximum absolute atomic E-state index is 13.1. The van der Waals surface area contributed by atoms with E-state index >= 15 is 0 Å². The third kappa shape index (κ3) is 5.26. The summed E-state index contributed by atoms with van der Waals surface area (Å²) in [5.74, 6) is -0.260. The smallest absolute Gasteiger partial charge is 0.239 e. The van der Waals surface area contributed by atoms with Crippen molar-refractivity contribution in [2.45, 2.75) is 38.6 Å². The maximum atomic E-state index is 13.1. The Kier molecular flexibility index (Phi) is 6.93. The zero-order chi connectivity index (χ0) is 18.4. The first-order valence-corrected chi connectivity index (χ1v) is 8.95. The van der Waals surface area contributed by atoms with Crippen molar-refractivity contribution in [3.63, 3.8) is 0 Å². The monoisotopic (exact) mass is 349 g/mol. The highest BCUT2D eigenvalue weighted by Gasteiger charge is 2.30. The Hall–Kier alpha value is -1.95. The van der Waals surface area contributed by atoms with Crippen molar-refractivity contribution in [3.05, 3.63) is 35.6 Å². The number of carbonyl (C=O) groups excluding carboxylic acids is 2. The number of carbonyl (C=O) groups is 2. The van der Waals surface area contributed by atoms with Gasteiger partial charge in [0.25, 0.3) is 0 Å². The SMILES string of the molecule is CCCCC(=O)N1CCC(CN(C)C(C(N)=O)c2ccc(F)cc2)C1. The molecule has 2 amide bonds. The quantitative estimate of drug-likeness (QED) is 0.783. The Morgan fingerprint density at radius 2 is 2.04 bits per heavy atom. The summed E-state index contributed by atoms with van der Waals surface area (Å²) < 4.78 is 13.1. The first kappa shape index (κ1) is 19.4. The van der Waals surface area contributed by atoms with E-state index in [1.165, 1.54) is 12.1 Å². The number of halogens is 1. The molecule has 0 saturated carbocycles. The van der Waals surface area contributed by atoms with Crippen LogP contribution in [-0.2, 0) is 9.59 Å². The molecule has 1 aromatic carbocycles. The minimum absolute atomic E-state index is 0.219. The zero-order valence-electron chi connectivity index (χ0n) is 15.1. The van der Waals surface area contributed by atoms with E-state index in [4.69, 9.17) is 5.73 Å². The molecular weight excluding hydrogens is 321 g/mol. The molecule has 1 saturated heterocycles. The second-order valence-electron chi connectivity index (χ2n) is 6.89. The third-order valence-corrected chi connectivity index (χ3v) is 4.82. The van der Waals surface area contributed by atoms with Crippen molar-refractivity contribution in [3.8, 4) is 0 Å². The molecule has 5 nitrogen and oxygen atoms in total. The van der Waals surface area contributed by atoms with Crippen molar-refractivity contribution in [2.75, 3.05) is 26.7 Å². The summed E-state index contributed by atoms with van der Waals surface area (Å²) in [5, 5.41) is 0. The lowest BCUT2D eigenvalue weighted by Gasteiger charge is -2.28. The summed E-state index contributed by atoms with van der Waals surface area (Å²) in [6.07, 6.45) is 3.48. The average Bonchev–Trinajstić information content (AvgIpc) is 3.02. The van der Waals surface area contributed by atoms with Crippen LogP contribution in [-0.4, -0.2) is 48.3 Å². The second-order valence-corrected chi connectivity index (χ2v) is 6.89. The molecule has 2 atom stereocenters. The normalized spacial score (nSPS) is 18.6. The number of primary amides is 1. The lowest BCUT2D eigenvalue weighted by Crippen LogP contribution is -2.39. The lowest BCUT2D eigenvalue weighted by molar-refractivity contribution is -0.130. The molecule has 0 aliphatic carbocycles. The molecule has 2 rings (SSSR count). The highest BCUT2D eigenvalue weighted by molar-refractivity contribution is 5.81. The van der Waals surface area contributed by atoms with Crippen LogP contribution in [0.1, 0.15) is 44.2 Å². The summed E-state index contributed by atoms with van der Waals surface area (Å²) in [7, 11) is 1.85. The average molecular weight is 349 g/mol. The molecule has 0 aromatic heterocycles. The van der Waals surface area contributed by atoms with Crippen LogP contribution in [0.5, 0.6) is 0 Å². The Morgan fingerprint density at radius 1 is 1.36 bits per heavy atom. The van der Waals surface area contributed by atoms with E-state index in [-0.39, 0.29) is 11.7 Å². The van der Waals surface area contributed by atoms with E-state index in [2.05, 4.69) is 6.92 Å². The van der Waals surface area contributed by atoms with Gasteiger partial charge in [0.1, 0.15) is 11.9 Å². The van der Waals surface area contributed by atoms with E-state index in [1.807, 2.05) is 16.8 Å². The molecule has 1 aliphatic rings. The topological polar surface area (TPSA) is 66.6 Å². The number of nitrogens with two attached hydrogens (primary N) is 1. The van der Waals surface area contributed by atoms with E-state index in [1.54, 1.807) is 12.1 Å². The number of benzene rings is 1. The van der Waals surface area contributed by atoms with Gasteiger partial charge in [0, 0.05) is 26.1 Å². The van der Waals surface area contributed by atoms with E-state index < -0.39 is 11.9 Å². The van der Waals surface area contributed by atoms with Gasteiger partial charge in [-0.25, -0.2) is 4.39 Å². The number of unbranched alkanes of at least 4 members (excludes halogenated alkanes) is 1. The van der Waals surface area contributed by atoms with Crippen LogP contribution in [0.3, 0.4) is 0 Å². The van der Waals surface area contributed by atoms with Crippen molar-refractivity contribution in [1.29, 1.82) is 0 Å². The Balaban J connectivity index is 1.95. The minimum Gasteiger partial charge on any atom is -0.368 e. The molecule has 0 spiro atoms. The molecule has 1 aromatic rings. The predicted molar refractivity (Wildman–Crippen MR) is 95.2 cm³/mol. The summed E-state index contributed by atoms with van der Waals surface area (Å²) in [5.41, 5.74) is 6.26. The largest absolute Gasteiger partial charge is 0.368 e. The third-order valence-electron chi connectivity index (χ3n) is 4.82. The molecule has 0 bridgehead atoms. The van der Waals surface area contributed by atoms with Gasteiger partial charge in [-0.05, 0) is 43.5 Å². The Bertz CT molecular complexity index is 591. The molecule has 2 unspecified atom stereocenters. The van der Waals surface area contributed by atoms with Crippen molar-refractivity contribution in [1.82, 2.24) is 9.80 Å². The van der Waals surface area contributed by atoms with Crippen molar-refractivity contribution >= 4 is 11.8 Å². The summed E-state index contributed by atoms with van der Waals surface area (Å²) in [4.78, 5) is 27.9. The van der Waals surface area contributed by atoms with Gasteiger partial charge >= 0.3 is 0 Å². The van der Waals surface area contributed by atoms with Crippen LogP contribution in [0.4, 0.5) is 4.39 Å². The van der Waals surface area contributed by atoms with Crippen LogP contribution in [0.2, 0.25) is 0 Å². The van der Waals surface area contributed by atoms with Crippen molar-refractivity contribution in [2.24, 2.45) is 11.7 Å². The van der Waals surface area contributed by atoms with Gasteiger partial charge in [-0.3, -0.25) is 14.5 Å². The molecule has 1 fully saturated rings. The molecule has 25 heavy (non-hydrogen) atoms. The fourth-order valence-corrected chi connectivity index (χ4v) is 3.49. The summed E-state index contributed by atoms with van der Waals surface area (Å²) >= 11 is 0. The number of likely N-dealkylation sites (tertiary alicyclic amines) is 1. The maximum Gasteiger partial charge on any atom is 0.239 e. The molecular formula is C19H28FN3O2. The first-order valence-electron chi connectivity index (χ1n) is 8.95. The van der Waals surface area contributed by atoms with E-state index in [0.29, 0.717) is 24.4 Å². The van der Waals surface area contributed by atoms with E-state index in [9.17, 15) is 14.0 Å². The fourth-order valence-electron chi connectivity index (χ4n) is 3.49. The number of hydrogen-bond acceptors (Lipinski definition) is 3. The van der Waals surface area contributed by atoms with E-state index in [0.717, 1.165) is 32.4 Å². The van der Waals surface area contributed by atoms with Gasteiger partial charge in [0.15, 0.2) is 0 Å². The van der Waals surface area contributed by atoms with Gasteiger partial charge in [-0.15, -0.1) is 0 Å². The van der Waals surface area contributed by atoms with Gasteiger partial charge < -0.3 is 10.6 Å². The van der Waals surface area contributed by atoms with Gasteiger partial charge in [0.2, 0.25) is 11.8 Å². The predicted octanol–water partition coefficient (Wildman–Crippen LogP) is 2.32. The highest BCUT2D eigenvalue weighted by atomic mass is 19.1. The van der Waals surface area contributed by atoms with Gasteiger partial charge in [-0.2, -0.15) is 0 Å². The van der Waals surface area contributed by atoms with Crippen LogP contribution < -0.4 is 5.73 Å². The second kappa shape index (κ2) is 8.94. The van der Waals surface area contributed by atoms with Crippen LogP contribution in [0.15, 0.2) is 24.3 Å². The molecule has 0 radical (unpaired) electrons. The first-order chi connectivity index (χ1) is 11.9. The Labute approximate surface area is 149 Å². The molecule has 6 heteroatoms. The molecule has 138 valence electrons. The van der Waals surface area contributed by atoms with Gasteiger partial charge in [-0.1, -0.05) is 25.5 Å². The Morgan fingerprint density at radius 3 is 2.64 bits per heavy atom. The van der Waals surface area contributed by atoms with Crippen LogP contribution in [0.25, 0.3) is 0 Å². The van der Waals surface area contributed by atoms with Crippen LogP contribution in [0, 0.1) is 11.7 Å². The summed E-state index contributed by atoms with van der Waals surface area (Å²) in [6.45, 7) is 4.25. The molecule has 2 N–H and O–H groups in total. The fraction of sp³-hybridized carbons (Fsp3) is 0.579. The number of rotatable bonds is 8. The number of likely N-dealkylation sites (N-methyl/N-ethyl adjacent to an activating group) is 1. The number of amides is 2. The minimum atomic E-state index is -0.592. The molecule has 1 aliphatic heterocycles. The lowest BCUT2D eigenvalue weighted by atomic mass is 10.0. The molecule has 1 heterocycles. The zero-order valence-corrected chi connectivity index (χ0v) is 15.1. The number of nitrogens with zero attached hydrogens (tertiary/aromatic N) is 2. The number of hydrogen-bond donors (Lipinski definition) is 1. The van der Waals surface area contributed by atoms with Gasteiger partial charge in [0.05, 0.1) is 0 Å². The van der Waals surface area contributed by atoms with Crippen molar-refractivity contribution < 1.29 is 14.0 Å². The standard InChI is InChI=1S/C19H28FN3O2/c1-3-4-5-17(24)23-11-10-14(13-23)12-22(2)18(19(21)25)15-6-8-16(20)9-7-15/h6-9,14,18H,3-5,10-13H2,1-2H3,(H2,21,25). The summed E-state index contributed by atoms with van der Waals surface area (Å²) in [6, 6.07) is 5.27.